The number of ether oxygens (including phenoxy) is 1. The van der Waals surface area contributed by atoms with Crippen molar-refractivity contribution in [3.63, 3.8) is 0 Å². The summed E-state index contributed by atoms with van der Waals surface area (Å²) in [6.45, 7) is 9.70. The molecule has 9 heteroatoms. The Hall–Kier alpha value is -3.20. The highest BCUT2D eigenvalue weighted by Gasteiger charge is 2.33. The summed E-state index contributed by atoms with van der Waals surface area (Å²) in [6, 6.07) is 4.08. The van der Waals surface area contributed by atoms with E-state index in [1.807, 2.05) is 18.9 Å². The largest absolute Gasteiger partial charge is 0.380 e. The van der Waals surface area contributed by atoms with E-state index in [0.29, 0.717) is 61.7 Å². The first kappa shape index (κ1) is 25.9. The molecule has 1 aromatic carbocycles. The molecule has 0 aliphatic carbocycles. The van der Waals surface area contributed by atoms with Gasteiger partial charge >= 0.3 is 0 Å². The molecular formula is C27H36FN5O3. The highest BCUT2D eigenvalue weighted by atomic mass is 19.1. The Balaban J connectivity index is 1.82. The van der Waals surface area contributed by atoms with E-state index in [0.717, 1.165) is 17.7 Å². The molecular weight excluding hydrogens is 461 g/mol. The molecule has 0 fully saturated rings. The van der Waals surface area contributed by atoms with Crippen LogP contribution in [0.5, 0.6) is 0 Å². The lowest BCUT2D eigenvalue weighted by molar-refractivity contribution is -0.133. The Morgan fingerprint density at radius 2 is 2.00 bits per heavy atom. The van der Waals surface area contributed by atoms with Gasteiger partial charge in [-0.1, -0.05) is 19.6 Å². The van der Waals surface area contributed by atoms with Gasteiger partial charge < -0.3 is 19.9 Å². The molecule has 1 unspecified atom stereocenters. The van der Waals surface area contributed by atoms with E-state index in [-0.39, 0.29) is 29.9 Å². The molecule has 2 aromatic rings. The maximum absolute atomic E-state index is 14.1. The Kier molecular flexibility index (Phi) is 7.78. The van der Waals surface area contributed by atoms with Gasteiger partial charge in [-0.05, 0) is 43.9 Å². The highest BCUT2D eigenvalue weighted by molar-refractivity contribution is 5.76. The number of likely N-dealkylation sites (N-methyl/N-ethyl adjacent to an activating group) is 1. The maximum atomic E-state index is 14.1. The quantitative estimate of drug-likeness (QED) is 0.649. The number of carbonyl (C=O) groups excluding carboxylic acids is 1. The summed E-state index contributed by atoms with van der Waals surface area (Å²) in [6.07, 6.45) is 2.55. The van der Waals surface area contributed by atoms with Crippen molar-refractivity contribution in [1.82, 2.24) is 19.8 Å². The van der Waals surface area contributed by atoms with E-state index in [4.69, 9.17) is 9.72 Å². The van der Waals surface area contributed by atoms with Crippen LogP contribution in [0.1, 0.15) is 67.3 Å². The predicted octanol–water partition coefficient (Wildman–Crippen LogP) is 3.55. The molecule has 2 aliphatic rings. The van der Waals surface area contributed by atoms with Gasteiger partial charge in [-0.2, -0.15) is 0 Å². The number of nitrogens with one attached hydrogen (secondary N) is 1. The third-order valence-corrected chi connectivity index (χ3v) is 7.32. The fourth-order valence-electron chi connectivity index (χ4n) is 4.99. The molecule has 1 amide bonds. The first-order valence-corrected chi connectivity index (χ1v) is 12.6. The van der Waals surface area contributed by atoms with Crippen LogP contribution in [0.2, 0.25) is 0 Å². The number of rotatable bonds is 1. The normalized spacial score (nSPS) is 21.6. The number of hydrogen-bond donors (Lipinski definition) is 1. The number of benzene rings is 1. The van der Waals surface area contributed by atoms with Gasteiger partial charge in [0.25, 0.3) is 5.56 Å². The standard InChI is InChI=1S/C27H36FN5O3/c1-6-21-15-36-16-23-26-30-25(17(2)27(35)33(21)26)18(3)29-14-19-10-11-20(28)13-22(19)31(4)12-8-7-9-24(34)32(23)5/h10-11,13,21,23,29H,3,6-9,12,14-16H2,1-2,4-5H3/t21-,23?/m0/s1. The van der Waals surface area contributed by atoms with E-state index < -0.39 is 6.04 Å². The molecule has 0 saturated heterocycles. The monoisotopic (exact) mass is 497 g/mol. The molecule has 8 nitrogen and oxygen atoms in total. The molecule has 1 N–H and O–H groups in total. The molecule has 4 rings (SSSR count). The molecule has 2 bridgehead atoms. The highest BCUT2D eigenvalue weighted by Crippen LogP contribution is 2.29. The Bertz CT molecular complexity index is 1210. The van der Waals surface area contributed by atoms with Crippen molar-refractivity contribution in [2.45, 2.75) is 58.2 Å². The molecule has 2 atom stereocenters. The molecule has 1 aromatic heterocycles. The number of aromatic nitrogens is 2. The Morgan fingerprint density at radius 3 is 2.75 bits per heavy atom. The van der Waals surface area contributed by atoms with Gasteiger partial charge in [0.1, 0.15) is 17.7 Å². The fourth-order valence-corrected chi connectivity index (χ4v) is 4.99. The number of halogens is 1. The number of carbonyl (C=O) groups is 1. The van der Waals surface area contributed by atoms with E-state index in [1.54, 1.807) is 29.5 Å². The number of anilines is 1. The van der Waals surface area contributed by atoms with Crippen LogP contribution in [0.3, 0.4) is 0 Å². The lowest BCUT2D eigenvalue weighted by Crippen LogP contribution is -2.39. The summed E-state index contributed by atoms with van der Waals surface area (Å²) in [5, 5.41) is 3.30. The van der Waals surface area contributed by atoms with Gasteiger partial charge in [-0.25, -0.2) is 9.37 Å². The van der Waals surface area contributed by atoms with Crippen LogP contribution in [0.25, 0.3) is 5.70 Å². The zero-order valence-corrected chi connectivity index (χ0v) is 21.6. The zero-order chi connectivity index (χ0) is 26.0. The summed E-state index contributed by atoms with van der Waals surface area (Å²) >= 11 is 0. The predicted molar refractivity (Wildman–Crippen MR) is 138 cm³/mol. The topological polar surface area (TPSA) is 79.7 Å². The zero-order valence-electron chi connectivity index (χ0n) is 21.6. The van der Waals surface area contributed by atoms with Gasteiger partial charge in [0.15, 0.2) is 0 Å². The third-order valence-electron chi connectivity index (χ3n) is 7.32. The van der Waals surface area contributed by atoms with Crippen LogP contribution < -0.4 is 15.8 Å². The minimum absolute atomic E-state index is 0.0281. The average Bonchev–Trinajstić information content (AvgIpc) is 3.05. The van der Waals surface area contributed by atoms with Crippen molar-refractivity contribution < 1.29 is 13.9 Å². The Labute approximate surface area is 211 Å². The Morgan fingerprint density at radius 1 is 1.22 bits per heavy atom. The lowest BCUT2D eigenvalue weighted by atomic mass is 10.1. The summed E-state index contributed by atoms with van der Waals surface area (Å²) in [4.78, 5) is 35.4. The number of fused-ring (bicyclic) bond motifs is 2. The molecule has 194 valence electrons. The van der Waals surface area contributed by atoms with Crippen molar-refractivity contribution in [3.05, 3.63) is 63.6 Å². The first-order chi connectivity index (χ1) is 17.2. The van der Waals surface area contributed by atoms with Gasteiger partial charge in [0, 0.05) is 44.9 Å². The first-order valence-electron chi connectivity index (χ1n) is 12.6. The van der Waals surface area contributed by atoms with Gasteiger partial charge in [0.05, 0.1) is 30.6 Å². The van der Waals surface area contributed by atoms with Gasteiger partial charge in [-0.15, -0.1) is 0 Å². The summed E-state index contributed by atoms with van der Waals surface area (Å²) < 4.78 is 21.8. The molecule has 36 heavy (non-hydrogen) atoms. The van der Waals surface area contributed by atoms with E-state index in [2.05, 4.69) is 11.9 Å². The second kappa shape index (κ2) is 10.8. The van der Waals surface area contributed by atoms with Gasteiger partial charge in [-0.3, -0.25) is 14.2 Å². The van der Waals surface area contributed by atoms with E-state index in [9.17, 15) is 14.0 Å². The van der Waals surface area contributed by atoms with Gasteiger partial charge in [0.2, 0.25) is 5.91 Å². The summed E-state index contributed by atoms with van der Waals surface area (Å²) in [5.41, 5.74) is 3.00. The SMILES string of the molecule is C=C1NCc2ccc(F)cc2N(C)CCCCC(=O)N(C)C2COC[C@H](CC)n3c2nc1c(C)c3=O. The molecule has 2 aliphatic heterocycles. The summed E-state index contributed by atoms with van der Waals surface area (Å²) in [5.74, 6) is 0.193. The second-order valence-corrected chi connectivity index (χ2v) is 9.72. The van der Waals surface area contributed by atoms with Crippen LogP contribution in [-0.4, -0.2) is 54.2 Å². The number of hydrogen-bond acceptors (Lipinski definition) is 6. The lowest BCUT2D eigenvalue weighted by Gasteiger charge is -2.29. The van der Waals surface area contributed by atoms with Crippen LogP contribution in [-0.2, 0) is 16.1 Å². The van der Waals surface area contributed by atoms with E-state index in [1.165, 1.54) is 12.1 Å². The summed E-state index contributed by atoms with van der Waals surface area (Å²) in [7, 11) is 3.68. The van der Waals surface area contributed by atoms with Crippen molar-refractivity contribution in [1.29, 1.82) is 0 Å². The van der Waals surface area contributed by atoms with E-state index >= 15 is 0 Å². The van der Waals surface area contributed by atoms with Crippen LogP contribution >= 0.6 is 0 Å². The van der Waals surface area contributed by atoms with Crippen LogP contribution in [0, 0.1) is 12.7 Å². The smallest absolute Gasteiger partial charge is 0.257 e. The number of nitrogens with zero attached hydrogens (tertiary/aromatic N) is 4. The van der Waals surface area contributed by atoms with Crippen LogP contribution in [0.4, 0.5) is 10.1 Å². The molecule has 0 radical (unpaired) electrons. The van der Waals surface area contributed by atoms with Crippen molar-refractivity contribution in [3.8, 4) is 0 Å². The van der Waals surface area contributed by atoms with Crippen LogP contribution in [0.15, 0.2) is 29.6 Å². The minimum atomic E-state index is -0.479. The molecule has 0 saturated carbocycles. The van der Waals surface area contributed by atoms with Crippen molar-refractivity contribution in [2.75, 3.05) is 38.8 Å². The average molecular weight is 498 g/mol. The van der Waals surface area contributed by atoms with Crippen molar-refractivity contribution in [2.24, 2.45) is 0 Å². The van der Waals surface area contributed by atoms with Crippen molar-refractivity contribution >= 4 is 17.3 Å². The minimum Gasteiger partial charge on any atom is -0.380 e. The fraction of sp³-hybridized carbons (Fsp3) is 0.519. The second-order valence-electron chi connectivity index (χ2n) is 9.72. The number of amides is 1. The maximum Gasteiger partial charge on any atom is 0.257 e. The third kappa shape index (κ3) is 5.02. The molecule has 3 heterocycles. The molecule has 0 spiro atoms.